The van der Waals surface area contributed by atoms with Crippen molar-refractivity contribution in [2.45, 2.75) is 12.5 Å². The summed E-state index contributed by atoms with van der Waals surface area (Å²) >= 11 is 0. The van der Waals surface area contributed by atoms with Crippen LogP contribution in [-0.2, 0) is 15.7 Å². The lowest BCUT2D eigenvalue weighted by Crippen LogP contribution is -3.00. The fourth-order valence-electron chi connectivity index (χ4n) is 0.486. The van der Waals surface area contributed by atoms with E-state index in [1.165, 1.54) is 0 Å². The van der Waals surface area contributed by atoms with Gasteiger partial charge in [0.25, 0.3) is 0 Å². The number of nitrogens with two attached hydrogens (primary N) is 1. The van der Waals surface area contributed by atoms with E-state index in [9.17, 15) is 4.79 Å². The molecule has 0 aromatic rings. The third-order valence-electron chi connectivity index (χ3n) is 1.15. The summed E-state index contributed by atoms with van der Waals surface area (Å²) in [5.41, 5.74) is 5.27. The van der Waals surface area contributed by atoms with E-state index < -0.39 is 12.0 Å². The van der Waals surface area contributed by atoms with E-state index in [2.05, 4.69) is 12.5 Å². The predicted octanol–water partition coefficient (Wildman–Crippen LogP) is -3.33. The summed E-state index contributed by atoms with van der Waals surface area (Å²) in [4.78, 5) is 10.2. The van der Waals surface area contributed by atoms with Crippen LogP contribution in [0.5, 0.6) is 0 Å². The van der Waals surface area contributed by atoms with Gasteiger partial charge < -0.3 is 27.8 Å². The smallest absolute Gasteiger partial charge is 0.320 e. The van der Waals surface area contributed by atoms with Crippen LogP contribution in [0.4, 0.5) is 0 Å². The largest absolute Gasteiger partial charge is 1.00 e. The van der Waals surface area contributed by atoms with Gasteiger partial charge in [0, 0.05) is 6.42 Å². The van der Waals surface area contributed by atoms with Crippen molar-refractivity contribution in [3.8, 4) is 0 Å². The molecule has 0 amide bonds. The Kier molecular flexibility index (Phi) is 8.72. The van der Waals surface area contributed by atoms with Crippen LogP contribution in [0.1, 0.15) is 6.42 Å². The van der Waals surface area contributed by atoms with E-state index in [1.54, 1.807) is 0 Å². The molecule has 0 saturated carbocycles. The first-order valence-corrected chi connectivity index (χ1v) is 5.27. The summed E-state index contributed by atoms with van der Waals surface area (Å²) in [6, 6.07) is -0.671. The van der Waals surface area contributed by atoms with Gasteiger partial charge in [0.15, 0.2) is 0 Å². The molecule has 1 atom stereocenters. The molecule has 3 nitrogen and oxygen atoms in total. The summed E-state index contributed by atoms with van der Waals surface area (Å²) in [7, 11) is 0.304. The molecule has 0 radical (unpaired) electrons. The number of halogens is 1. The Morgan fingerprint density at radius 1 is 1.64 bits per heavy atom. The van der Waals surface area contributed by atoms with Crippen molar-refractivity contribution >= 4 is 16.9 Å². The van der Waals surface area contributed by atoms with E-state index in [0.717, 1.165) is 5.75 Å². The normalized spacial score (nSPS) is 12.4. The van der Waals surface area contributed by atoms with Gasteiger partial charge in [0.1, 0.15) is 11.8 Å². The zero-order valence-corrected chi connectivity index (χ0v) is 9.11. The van der Waals surface area contributed by atoms with Crippen molar-refractivity contribution < 1.29 is 26.9 Å². The highest BCUT2D eigenvalue weighted by Gasteiger charge is 2.14. The van der Waals surface area contributed by atoms with E-state index in [4.69, 9.17) is 10.8 Å². The van der Waals surface area contributed by atoms with Gasteiger partial charge in [-0.1, -0.05) is 0 Å². The van der Waals surface area contributed by atoms with E-state index in [1.807, 2.05) is 0 Å². The van der Waals surface area contributed by atoms with E-state index in [0.29, 0.717) is 17.3 Å². The van der Waals surface area contributed by atoms with Crippen LogP contribution in [0.2, 0.25) is 0 Å². The SMILES string of the molecule is C[S+](C)CCC(N)C(=O)O.[Br-]. The van der Waals surface area contributed by atoms with Gasteiger partial charge in [-0.25, -0.2) is 0 Å². The number of carbonyl (C=O) groups is 1. The lowest BCUT2D eigenvalue weighted by atomic mass is 10.2. The Hall–Kier alpha value is 0.260. The second-order valence-electron chi connectivity index (χ2n) is 2.42. The van der Waals surface area contributed by atoms with Crippen molar-refractivity contribution in [3.63, 3.8) is 0 Å². The molecule has 0 bridgehead atoms. The van der Waals surface area contributed by atoms with Gasteiger partial charge in [-0.05, 0) is 10.9 Å². The summed E-state index contributed by atoms with van der Waals surface area (Å²) < 4.78 is 0. The summed E-state index contributed by atoms with van der Waals surface area (Å²) in [5, 5.41) is 8.37. The molecule has 11 heavy (non-hydrogen) atoms. The maximum Gasteiger partial charge on any atom is 0.320 e. The summed E-state index contributed by atoms with van der Waals surface area (Å²) in [6.07, 6.45) is 4.74. The molecule has 0 aromatic heterocycles. The molecule has 0 aromatic carbocycles. The first-order valence-electron chi connectivity index (χ1n) is 3.06. The van der Waals surface area contributed by atoms with E-state index in [-0.39, 0.29) is 17.0 Å². The molecular formula is C6H14BrNO2S. The highest BCUT2D eigenvalue weighted by atomic mass is 79.9. The Labute approximate surface area is 80.5 Å². The molecule has 0 fully saturated rings. The van der Waals surface area contributed by atoms with Crippen LogP contribution < -0.4 is 22.7 Å². The van der Waals surface area contributed by atoms with Crippen molar-refractivity contribution in [2.24, 2.45) is 5.73 Å². The first-order chi connectivity index (χ1) is 4.54. The van der Waals surface area contributed by atoms with Crippen LogP contribution in [0.25, 0.3) is 0 Å². The lowest BCUT2D eigenvalue weighted by Gasteiger charge is -2.02. The third kappa shape index (κ3) is 8.16. The minimum atomic E-state index is -0.898. The molecule has 0 aliphatic rings. The highest BCUT2D eigenvalue weighted by Crippen LogP contribution is 1.93. The zero-order valence-electron chi connectivity index (χ0n) is 6.71. The second-order valence-corrected chi connectivity index (χ2v) is 4.80. The third-order valence-corrected chi connectivity index (χ3v) is 2.21. The summed E-state index contributed by atoms with van der Waals surface area (Å²) in [6.45, 7) is 0. The average Bonchev–Trinajstić information content (AvgIpc) is 1.82. The number of rotatable bonds is 4. The maximum atomic E-state index is 10.2. The van der Waals surface area contributed by atoms with Crippen LogP contribution >= 0.6 is 0 Å². The molecule has 68 valence electrons. The summed E-state index contributed by atoms with van der Waals surface area (Å²) in [5.74, 6) is 0.0125. The topological polar surface area (TPSA) is 63.3 Å². The van der Waals surface area contributed by atoms with Crippen molar-refractivity contribution in [1.29, 1.82) is 0 Å². The molecule has 3 N–H and O–H groups in total. The number of hydrogen-bond donors (Lipinski definition) is 2. The van der Waals surface area contributed by atoms with Crippen LogP contribution in [0.3, 0.4) is 0 Å². The first kappa shape index (κ1) is 13.8. The van der Waals surface area contributed by atoms with Crippen molar-refractivity contribution in [1.82, 2.24) is 0 Å². The van der Waals surface area contributed by atoms with Gasteiger partial charge in [0.05, 0.1) is 12.5 Å². The minimum absolute atomic E-state index is 0. The van der Waals surface area contributed by atoms with Gasteiger partial charge in [-0.2, -0.15) is 0 Å². The predicted molar refractivity (Wildman–Crippen MR) is 44.3 cm³/mol. The van der Waals surface area contributed by atoms with Gasteiger partial charge in [0.2, 0.25) is 0 Å². The minimum Gasteiger partial charge on any atom is -1.00 e. The second kappa shape index (κ2) is 6.94. The monoisotopic (exact) mass is 243 g/mol. The average molecular weight is 244 g/mol. The van der Waals surface area contributed by atoms with Gasteiger partial charge in [-0.3, -0.25) is 4.79 Å². The molecular weight excluding hydrogens is 230 g/mol. The molecule has 0 rings (SSSR count). The molecule has 0 spiro atoms. The quantitative estimate of drug-likeness (QED) is 0.508. The fourth-order valence-corrected chi connectivity index (χ4v) is 1.21. The number of aliphatic carboxylic acids is 1. The molecule has 0 aliphatic heterocycles. The fraction of sp³-hybridized carbons (Fsp3) is 0.833. The molecule has 5 heteroatoms. The van der Waals surface area contributed by atoms with Crippen molar-refractivity contribution in [3.05, 3.63) is 0 Å². The van der Waals surface area contributed by atoms with Crippen LogP contribution in [0, 0.1) is 0 Å². The molecule has 0 heterocycles. The Morgan fingerprint density at radius 3 is 2.36 bits per heavy atom. The Bertz CT molecular complexity index is 121. The highest BCUT2D eigenvalue weighted by molar-refractivity contribution is 7.95. The number of carboxylic acid groups (broad SMARTS) is 1. The lowest BCUT2D eigenvalue weighted by molar-refractivity contribution is -0.138. The zero-order chi connectivity index (χ0) is 8.15. The van der Waals surface area contributed by atoms with Gasteiger partial charge in [-0.15, -0.1) is 0 Å². The maximum absolute atomic E-state index is 10.2. The molecule has 0 saturated heterocycles. The van der Waals surface area contributed by atoms with E-state index >= 15 is 0 Å². The Morgan fingerprint density at radius 2 is 2.09 bits per heavy atom. The van der Waals surface area contributed by atoms with Crippen molar-refractivity contribution in [2.75, 3.05) is 18.3 Å². The van der Waals surface area contributed by atoms with Gasteiger partial charge >= 0.3 is 5.97 Å². The number of hydrogen-bond acceptors (Lipinski definition) is 2. The molecule has 0 aliphatic carbocycles. The standard InChI is InChI=1S/C6H13NO2S.BrH/c1-10(2)4-3-5(7)6(8)9;/h5H,3-4,7H2,1-2H3;1H. The van der Waals surface area contributed by atoms with Crippen LogP contribution in [0.15, 0.2) is 0 Å². The Balaban J connectivity index is 0. The molecule has 1 unspecified atom stereocenters. The van der Waals surface area contributed by atoms with Crippen LogP contribution in [-0.4, -0.2) is 35.4 Å². The number of carboxylic acids is 1.